The van der Waals surface area contributed by atoms with Crippen molar-refractivity contribution in [2.75, 3.05) is 6.54 Å². The maximum Gasteiger partial charge on any atom is 0.222 e. The van der Waals surface area contributed by atoms with Gasteiger partial charge in [0.2, 0.25) is 5.91 Å². The quantitative estimate of drug-likeness (QED) is 0.915. The number of para-hydroxylation sites is 1. The van der Waals surface area contributed by atoms with Crippen molar-refractivity contribution >= 4 is 5.91 Å². The summed E-state index contributed by atoms with van der Waals surface area (Å²) in [5, 5.41) is 3.00. The molecule has 2 aromatic rings. The van der Waals surface area contributed by atoms with Gasteiger partial charge in [0.25, 0.3) is 0 Å². The molecule has 0 saturated heterocycles. The minimum absolute atomic E-state index is 0.0156. The van der Waals surface area contributed by atoms with Crippen LogP contribution in [0, 0.1) is 12.8 Å². The van der Waals surface area contributed by atoms with Crippen molar-refractivity contribution in [1.82, 2.24) is 10.3 Å². The number of hydrogen-bond acceptors (Lipinski definition) is 3. The van der Waals surface area contributed by atoms with Crippen molar-refractivity contribution in [1.29, 1.82) is 0 Å². The van der Waals surface area contributed by atoms with Crippen molar-refractivity contribution in [3.63, 3.8) is 0 Å². The van der Waals surface area contributed by atoms with Gasteiger partial charge in [-0.05, 0) is 36.6 Å². The molecule has 1 aromatic carbocycles. The van der Waals surface area contributed by atoms with Crippen molar-refractivity contribution in [2.45, 2.75) is 39.7 Å². The summed E-state index contributed by atoms with van der Waals surface area (Å²) in [5.74, 6) is 1.04. The van der Waals surface area contributed by atoms with Gasteiger partial charge in [0.05, 0.1) is 12.2 Å². The molecule has 1 N–H and O–H groups in total. The van der Waals surface area contributed by atoms with E-state index in [1.807, 2.05) is 32.0 Å². The summed E-state index contributed by atoms with van der Waals surface area (Å²) in [4.78, 5) is 16.5. The lowest BCUT2D eigenvalue weighted by Gasteiger charge is -2.15. The number of amides is 1. The minimum atomic E-state index is -0.0156. The number of benzene rings is 1. The summed E-state index contributed by atoms with van der Waals surface area (Å²) in [5.41, 5.74) is 4.29. The van der Waals surface area contributed by atoms with Crippen LogP contribution in [0.5, 0.6) is 5.75 Å². The smallest absolute Gasteiger partial charge is 0.222 e. The number of carbonyl (C=O) groups is 1. The molecule has 0 spiro atoms. The van der Waals surface area contributed by atoms with Crippen LogP contribution < -0.4 is 10.1 Å². The standard InChI is InChI=1S/C20H24N2O2/c1-4-13(2)20(23)22-12-16-11-15-8-5-9-17(19(15)24-16)18-14(3)7-6-10-21-18/h5-10,13,16H,4,11-12H2,1-3H3,(H,22,23)/t13-,16+/m0/s1. The van der Waals surface area contributed by atoms with Crippen molar-refractivity contribution in [3.05, 3.63) is 47.7 Å². The first-order valence-electron chi connectivity index (χ1n) is 8.58. The molecule has 2 heterocycles. The van der Waals surface area contributed by atoms with Gasteiger partial charge in [0.15, 0.2) is 0 Å². The third-order valence-electron chi connectivity index (χ3n) is 4.66. The highest BCUT2D eigenvalue weighted by molar-refractivity contribution is 5.78. The molecular formula is C20H24N2O2. The lowest BCUT2D eigenvalue weighted by Crippen LogP contribution is -2.37. The zero-order valence-corrected chi connectivity index (χ0v) is 14.5. The number of fused-ring (bicyclic) bond motifs is 1. The van der Waals surface area contributed by atoms with E-state index in [9.17, 15) is 4.79 Å². The Hall–Kier alpha value is -2.36. The van der Waals surface area contributed by atoms with Crippen LogP contribution in [-0.2, 0) is 11.2 Å². The van der Waals surface area contributed by atoms with Crippen LogP contribution in [0.25, 0.3) is 11.3 Å². The molecule has 1 aromatic heterocycles. The summed E-state index contributed by atoms with van der Waals surface area (Å²) >= 11 is 0. The molecule has 24 heavy (non-hydrogen) atoms. The van der Waals surface area contributed by atoms with E-state index in [0.29, 0.717) is 6.54 Å². The Morgan fingerprint density at radius 1 is 1.38 bits per heavy atom. The third kappa shape index (κ3) is 3.28. The maximum absolute atomic E-state index is 12.0. The fourth-order valence-electron chi connectivity index (χ4n) is 2.98. The van der Waals surface area contributed by atoms with Crippen LogP contribution in [-0.4, -0.2) is 23.5 Å². The zero-order valence-electron chi connectivity index (χ0n) is 14.5. The Balaban J connectivity index is 1.75. The molecule has 0 aliphatic carbocycles. The monoisotopic (exact) mass is 324 g/mol. The van der Waals surface area contributed by atoms with Gasteiger partial charge >= 0.3 is 0 Å². The molecule has 0 unspecified atom stereocenters. The summed E-state index contributed by atoms with van der Waals surface area (Å²) in [7, 11) is 0. The third-order valence-corrected chi connectivity index (χ3v) is 4.66. The normalized spacial score (nSPS) is 17.0. The number of rotatable bonds is 5. The lowest BCUT2D eigenvalue weighted by molar-refractivity contribution is -0.124. The van der Waals surface area contributed by atoms with E-state index in [4.69, 9.17) is 4.74 Å². The van der Waals surface area contributed by atoms with E-state index in [-0.39, 0.29) is 17.9 Å². The van der Waals surface area contributed by atoms with Crippen molar-refractivity contribution < 1.29 is 9.53 Å². The number of nitrogens with zero attached hydrogens (tertiary/aromatic N) is 1. The molecule has 2 atom stereocenters. The molecule has 4 nitrogen and oxygen atoms in total. The highest BCUT2D eigenvalue weighted by Gasteiger charge is 2.27. The summed E-state index contributed by atoms with van der Waals surface area (Å²) in [6, 6.07) is 10.2. The van der Waals surface area contributed by atoms with E-state index < -0.39 is 0 Å². The first-order chi connectivity index (χ1) is 11.6. The fourth-order valence-corrected chi connectivity index (χ4v) is 2.98. The Labute approximate surface area is 143 Å². The highest BCUT2D eigenvalue weighted by Crippen LogP contribution is 2.38. The maximum atomic E-state index is 12.0. The highest BCUT2D eigenvalue weighted by atomic mass is 16.5. The number of pyridine rings is 1. The average Bonchev–Trinajstić information content (AvgIpc) is 3.02. The van der Waals surface area contributed by atoms with Crippen LogP contribution in [0.2, 0.25) is 0 Å². The molecule has 0 bridgehead atoms. The predicted octanol–water partition coefficient (Wildman–Crippen LogP) is 3.52. The van der Waals surface area contributed by atoms with Crippen LogP contribution in [0.4, 0.5) is 0 Å². The van der Waals surface area contributed by atoms with Gasteiger partial charge in [0, 0.05) is 24.1 Å². The predicted molar refractivity (Wildman–Crippen MR) is 95.0 cm³/mol. The van der Waals surface area contributed by atoms with Crippen molar-refractivity contribution in [3.8, 4) is 17.0 Å². The summed E-state index contributed by atoms with van der Waals surface area (Å²) < 4.78 is 6.16. The van der Waals surface area contributed by atoms with Crippen LogP contribution in [0.3, 0.4) is 0 Å². The second-order valence-corrected chi connectivity index (χ2v) is 6.46. The first kappa shape index (κ1) is 16.5. The molecular weight excluding hydrogens is 300 g/mol. The van der Waals surface area contributed by atoms with Gasteiger partial charge in [-0.15, -0.1) is 0 Å². The number of aromatic nitrogens is 1. The second-order valence-electron chi connectivity index (χ2n) is 6.46. The molecule has 3 rings (SSSR count). The van der Waals surface area contributed by atoms with E-state index in [0.717, 1.165) is 35.4 Å². The van der Waals surface area contributed by atoms with Gasteiger partial charge in [-0.3, -0.25) is 9.78 Å². The van der Waals surface area contributed by atoms with Crippen LogP contribution in [0.15, 0.2) is 36.5 Å². The largest absolute Gasteiger partial charge is 0.487 e. The fraction of sp³-hybridized carbons (Fsp3) is 0.400. The SMILES string of the molecule is CC[C@H](C)C(=O)NC[C@H]1Cc2cccc(-c3ncccc3C)c2O1. The summed E-state index contributed by atoms with van der Waals surface area (Å²) in [6.07, 6.45) is 3.45. The number of carbonyl (C=O) groups excluding carboxylic acids is 1. The van der Waals surface area contributed by atoms with E-state index in [2.05, 4.69) is 29.4 Å². The Bertz CT molecular complexity index is 742. The Kier molecular flexibility index (Phi) is 4.84. The molecule has 1 amide bonds. The van der Waals surface area contributed by atoms with Gasteiger partial charge in [-0.2, -0.15) is 0 Å². The Morgan fingerprint density at radius 3 is 2.96 bits per heavy atom. The summed E-state index contributed by atoms with van der Waals surface area (Å²) in [6.45, 7) is 6.56. The topological polar surface area (TPSA) is 51.2 Å². The van der Waals surface area contributed by atoms with E-state index >= 15 is 0 Å². The number of ether oxygens (including phenoxy) is 1. The molecule has 0 radical (unpaired) electrons. The van der Waals surface area contributed by atoms with E-state index in [1.165, 1.54) is 5.56 Å². The number of nitrogens with one attached hydrogen (secondary N) is 1. The van der Waals surface area contributed by atoms with Gasteiger partial charge in [0.1, 0.15) is 11.9 Å². The lowest BCUT2D eigenvalue weighted by atomic mass is 10.0. The Morgan fingerprint density at radius 2 is 2.21 bits per heavy atom. The van der Waals surface area contributed by atoms with Crippen LogP contribution in [0.1, 0.15) is 31.4 Å². The first-order valence-corrected chi connectivity index (χ1v) is 8.58. The van der Waals surface area contributed by atoms with Gasteiger partial charge in [-0.25, -0.2) is 0 Å². The van der Waals surface area contributed by atoms with Gasteiger partial charge in [-0.1, -0.05) is 32.0 Å². The second kappa shape index (κ2) is 7.04. The van der Waals surface area contributed by atoms with Crippen molar-refractivity contribution in [2.24, 2.45) is 5.92 Å². The minimum Gasteiger partial charge on any atom is -0.487 e. The molecule has 4 heteroatoms. The average molecular weight is 324 g/mol. The number of aryl methyl sites for hydroxylation is 1. The molecule has 1 aliphatic heterocycles. The van der Waals surface area contributed by atoms with Crippen LogP contribution >= 0.6 is 0 Å². The molecule has 0 saturated carbocycles. The molecule has 0 fully saturated rings. The van der Waals surface area contributed by atoms with E-state index in [1.54, 1.807) is 6.20 Å². The molecule has 126 valence electrons. The van der Waals surface area contributed by atoms with Gasteiger partial charge < -0.3 is 10.1 Å². The molecule has 1 aliphatic rings. The number of hydrogen-bond donors (Lipinski definition) is 1. The zero-order chi connectivity index (χ0) is 17.1.